The predicted molar refractivity (Wildman–Crippen MR) is 87.1 cm³/mol. The van der Waals surface area contributed by atoms with Gasteiger partial charge in [0.25, 0.3) is 0 Å². The van der Waals surface area contributed by atoms with Crippen LogP contribution in [0, 0.1) is 0 Å². The maximum atomic E-state index is 4.38. The van der Waals surface area contributed by atoms with Gasteiger partial charge in [-0.15, -0.1) is 14.8 Å². The minimum atomic E-state index is 0.352. The number of nitrogens with one attached hydrogen (secondary N) is 1. The lowest BCUT2D eigenvalue weighted by Gasteiger charge is -2.28. The molecule has 4 rings (SSSR count). The number of anilines is 1. The Morgan fingerprint density at radius 2 is 1.87 bits per heavy atom. The number of likely N-dealkylation sites (tertiary alicyclic amines) is 1. The first-order chi connectivity index (χ1) is 11.4. The van der Waals surface area contributed by atoms with E-state index in [-0.39, 0.29) is 0 Å². The molecular weight excluding hydrogens is 290 g/mol. The van der Waals surface area contributed by atoms with E-state index in [4.69, 9.17) is 0 Å². The minimum Gasteiger partial charge on any atom is -0.367 e. The lowest BCUT2D eigenvalue weighted by Crippen LogP contribution is -2.31. The summed E-state index contributed by atoms with van der Waals surface area (Å²) < 4.78 is 1.44. The first kappa shape index (κ1) is 14.1. The van der Waals surface area contributed by atoms with Crippen LogP contribution in [0.3, 0.4) is 0 Å². The van der Waals surface area contributed by atoms with E-state index >= 15 is 0 Å². The van der Waals surface area contributed by atoms with Gasteiger partial charge in [0.1, 0.15) is 5.82 Å². The molecule has 0 bridgehead atoms. The highest BCUT2D eigenvalue weighted by Crippen LogP contribution is 2.25. The molecule has 1 atom stereocenters. The molecule has 0 saturated carbocycles. The van der Waals surface area contributed by atoms with Crippen LogP contribution in [0.1, 0.15) is 24.4 Å². The van der Waals surface area contributed by atoms with Gasteiger partial charge in [-0.05, 0) is 54.1 Å². The number of hydrogen-bond acceptors (Lipinski definition) is 6. The molecule has 1 aromatic carbocycles. The zero-order chi connectivity index (χ0) is 15.5. The predicted octanol–water partition coefficient (Wildman–Crippen LogP) is 1.77. The average Bonchev–Trinajstić information content (AvgIpc) is 3.27. The largest absolute Gasteiger partial charge is 0.367 e. The van der Waals surface area contributed by atoms with Gasteiger partial charge in [0.05, 0.1) is 6.04 Å². The number of fused-ring (bicyclic) bond motifs is 1. The second-order valence-corrected chi connectivity index (χ2v) is 5.80. The molecule has 23 heavy (non-hydrogen) atoms. The third-order valence-electron chi connectivity index (χ3n) is 4.31. The van der Waals surface area contributed by atoms with Gasteiger partial charge in [-0.1, -0.05) is 30.3 Å². The summed E-state index contributed by atoms with van der Waals surface area (Å²) in [6.45, 7) is 3.12. The SMILES string of the molecule is c1ccc(C(CNc2ccc3nnnn3n2)N2CCCC2)cc1. The van der Waals surface area contributed by atoms with Gasteiger partial charge in [-0.3, -0.25) is 4.90 Å². The molecule has 0 radical (unpaired) electrons. The zero-order valence-corrected chi connectivity index (χ0v) is 12.8. The molecule has 0 amide bonds. The van der Waals surface area contributed by atoms with Crippen LogP contribution in [0.2, 0.25) is 0 Å². The number of aromatic nitrogens is 5. The summed E-state index contributed by atoms with van der Waals surface area (Å²) in [5.41, 5.74) is 1.99. The van der Waals surface area contributed by atoms with Crippen LogP contribution in [0.5, 0.6) is 0 Å². The fourth-order valence-electron chi connectivity index (χ4n) is 3.13. The lowest BCUT2D eigenvalue weighted by molar-refractivity contribution is 0.256. The standard InChI is InChI=1S/C16H19N7/c1-2-6-13(7-3-1)14(22-10-4-5-11-22)12-17-15-8-9-16-18-20-21-23(16)19-15/h1-3,6-9,14H,4-5,10-12H2,(H,17,19). The van der Waals surface area contributed by atoms with E-state index < -0.39 is 0 Å². The third kappa shape index (κ3) is 3.00. The maximum absolute atomic E-state index is 4.38. The van der Waals surface area contributed by atoms with Crippen LogP contribution in [-0.4, -0.2) is 49.8 Å². The van der Waals surface area contributed by atoms with Gasteiger partial charge in [0, 0.05) is 6.54 Å². The van der Waals surface area contributed by atoms with Gasteiger partial charge >= 0.3 is 0 Å². The fourth-order valence-corrected chi connectivity index (χ4v) is 3.13. The Kier molecular flexibility index (Phi) is 3.85. The topological polar surface area (TPSA) is 71.2 Å². The highest BCUT2D eigenvalue weighted by molar-refractivity contribution is 5.42. The van der Waals surface area contributed by atoms with Gasteiger partial charge in [0.2, 0.25) is 0 Å². The second kappa shape index (κ2) is 6.29. The zero-order valence-electron chi connectivity index (χ0n) is 12.8. The van der Waals surface area contributed by atoms with E-state index in [9.17, 15) is 0 Å². The summed E-state index contributed by atoms with van der Waals surface area (Å²) in [5, 5.41) is 19.1. The number of benzene rings is 1. The Balaban J connectivity index is 1.52. The maximum Gasteiger partial charge on any atom is 0.200 e. The quantitative estimate of drug-likeness (QED) is 0.774. The van der Waals surface area contributed by atoms with Crippen molar-refractivity contribution in [3.63, 3.8) is 0 Å². The van der Waals surface area contributed by atoms with Crippen molar-refractivity contribution in [2.45, 2.75) is 18.9 Å². The van der Waals surface area contributed by atoms with E-state index in [1.54, 1.807) is 0 Å². The van der Waals surface area contributed by atoms with Crippen molar-refractivity contribution in [3.05, 3.63) is 48.0 Å². The Morgan fingerprint density at radius 3 is 2.70 bits per heavy atom. The molecule has 1 fully saturated rings. The molecule has 0 spiro atoms. The van der Waals surface area contributed by atoms with Gasteiger partial charge in [-0.25, -0.2) is 0 Å². The van der Waals surface area contributed by atoms with Crippen molar-refractivity contribution in [1.82, 2.24) is 30.2 Å². The molecule has 1 saturated heterocycles. The van der Waals surface area contributed by atoms with Gasteiger partial charge < -0.3 is 5.32 Å². The Hall–Kier alpha value is -2.54. The minimum absolute atomic E-state index is 0.352. The van der Waals surface area contributed by atoms with Crippen LogP contribution in [0.4, 0.5) is 5.82 Å². The van der Waals surface area contributed by atoms with Crippen molar-refractivity contribution < 1.29 is 0 Å². The van der Waals surface area contributed by atoms with Crippen molar-refractivity contribution in [2.24, 2.45) is 0 Å². The molecule has 118 valence electrons. The number of hydrogen-bond donors (Lipinski definition) is 1. The fraction of sp³-hybridized carbons (Fsp3) is 0.375. The molecule has 3 heterocycles. The van der Waals surface area contributed by atoms with Crippen molar-refractivity contribution >= 4 is 11.5 Å². The molecule has 7 nitrogen and oxygen atoms in total. The van der Waals surface area contributed by atoms with Crippen molar-refractivity contribution in [1.29, 1.82) is 0 Å². The smallest absolute Gasteiger partial charge is 0.200 e. The summed E-state index contributed by atoms with van der Waals surface area (Å²) in [6, 6.07) is 14.8. The van der Waals surface area contributed by atoms with E-state index in [2.05, 4.69) is 61.2 Å². The average molecular weight is 309 g/mol. The van der Waals surface area contributed by atoms with Crippen LogP contribution in [0.15, 0.2) is 42.5 Å². The van der Waals surface area contributed by atoms with E-state index in [1.165, 1.54) is 23.0 Å². The second-order valence-electron chi connectivity index (χ2n) is 5.80. The summed E-state index contributed by atoms with van der Waals surface area (Å²) in [5.74, 6) is 0.782. The van der Waals surface area contributed by atoms with Crippen molar-refractivity contribution in [3.8, 4) is 0 Å². The summed E-state index contributed by atoms with van der Waals surface area (Å²) >= 11 is 0. The van der Waals surface area contributed by atoms with Crippen LogP contribution >= 0.6 is 0 Å². The summed E-state index contributed by atoms with van der Waals surface area (Å²) in [4.78, 5) is 2.54. The first-order valence-corrected chi connectivity index (χ1v) is 7.98. The van der Waals surface area contributed by atoms with Crippen LogP contribution in [-0.2, 0) is 0 Å². The number of nitrogens with zero attached hydrogens (tertiary/aromatic N) is 6. The summed E-state index contributed by atoms with van der Waals surface area (Å²) in [6.07, 6.45) is 2.55. The molecule has 0 aliphatic carbocycles. The van der Waals surface area contributed by atoms with Crippen molar-refractivity contribution in [2.75, 3.05) is 25.0 Å². The summed E-state index contributed by atoms with van der Waals surface area (Å²) in [7, 11) is 0. The molecule has 1 unspecified atom stereocenters. The molecule has 1 N–H and O–H groups in total. The molecule has 7 heteroatoms. The van der Waals surface area contributed by atoms with E-state index in [0.717, 1.165) is 25.5 Å². The molecule has 1 aliphatic rings. The first-order valence-electron chi connectivity index (χ1n) is 7.98. The Morgan fingerprint density at radius 1 is 1.04 bits per heavy atom. The lowest BCUT2D eigenvalue weighted by atomic mass is 10.1. The molecule has 1 aliphatic heterocycles. The monoisotopic (exact) mass is 309 g/mol. The normalized spacial score (nSPS) is 16.7. The van der Waals surface area contributed by atoms with E-state index in [0.29, 0.717) is 11.7 Å². The molecule has 3 aromatic rings. The van der Waals surface area contributed by atoms with Gasteiger partial charge in [-0.2, -0.15) is 0 Å². The Labute approximate surface area is 134 Å². The number of tetrazole rings is 1. The molecular formula is C16H19N7. The number of rotatable bonds is 5. The van der Waals surface area contributed by atoms with Crippen LogP contribution in [0.25, 0.3) is 5.65 Å². The van der Waals surface area contributed by atoms with E-state index in [1.807, 2.05) is 12.1 Å². The molecule has 2 aromatic heterocycles. The van der Waals surface area contributed by atoms with Gasteiger partial charge in [0.15, 0.2) is 5.65 Å². The Bertz CT molecular complexity index is 764. The highest BCUT2D eigenvalue weighted by Gasteiger charge is 2.23. The van der Waals surface area contributed by atoms with Crippen LogP contribution < -0.4 is 5.32 Å². The highest BCUT2D eigenvalue weighted by atomic mass is 15.6. The third-order valence-corrected chi connectivity index (χ3v) is 4.31.